The second kappa shape index (κ2) is 10.2. The lowest BCUT2D eigenvalue weighted by Crippen LogP contribution is -2.56. The summed E-state index contributed by atoms with van der Waals surface area (Å²) in [5, 5.41) is 3.55. The number of rotatable bonds is 7. The van der Waals surface area contributed by atoms with Crippen molar-refractivity contribution in [2.45, 2.75) is 38.6 Å². The molecule has 4 nitrogen and oxygen atoms in total. The maximum absolute atomic E-state index is 5.41. The smallest absolute Gasteiger partial charge is 0.138 e. The van der Waals surface area contributed by atoms with E-state index in [9.17, 15) is 0 Å². The normalized spacial score (nSPS) is 16.3. The van der Waals surface area contributed by atoms with E-state index in [4.69, 9.17) is 4.98 Å². The molecule has 4 aromatic rings. The standard InChI is InChI=1S/C31H36N4/c1-4-27-29(34-30(33-27)26-18-12-11-13-23(26)2)31(3,35-21-19-32-20-22-35)28(24-14-7-5-8-15-24)25-16-9-6-10-17-25/h5-18,28,32H,4,19-22H2,1-3H3,(H,33,34). The van der Waals surface area contributed by atoms with Crippen molar-refractivity contribution in [3.05, 3.63) is 113 Å². The van der Waals surface area contributed by atoms with Crippen molar-refractivity contribution in [1.29, 1.82) is 0 Å². The molecule has 1 saturated heterocycles. The highest BCUT2D eigenvalue weighted by molar-refractivity contribution is 5.61. The second-order valence-corrected chi connectivity index (χ2v) is 9.72. The molecule has 0 saturated carbocycles. The van der Waals surface area contributed by atoms with Gasteiger partial charge in [-0.15, -0.1) is 0 Å². The van der Waals surface area contributed by atoms with Crippen LogP contribution in [0.15, 0.2) is 84.9 Å². The second-order valence-electron chi connectivity index (χ2n) is 9.72. The topological polar surface area (TPSA) is 44.0 Å². The number of benzene rings is 3. The fourth-order valence-electron chi connectivity index (χ4n) is 5.78. The van der Waals surface area contributed by atoms with Gasteiger partial charge in [-0.3, -0.25) is 4.90 Å². The van der Waals surface area contributed by atoms with Crippen LogP contribution in [0.1, 0.15) is 47.8 Å². The number of piperazine rings is 1. The zero-order chi connectivity index (χ0) is 24.3. The van der Waals surface area contributed by atoms with Crippen LogP contribution in [0.25, 0.3) is 11.4 Å². The molecule has 180 valence electrons. The fourth-order valence-corrected chi connectivity index (χ4v) is 5.78. The molecule has 1 aliphatic heterocycles. The maximum atomic E-state index is 5.41. The summed E-state index contributed by atoms with van der Waals surface area (Å²) in [5.74, 6) is 1.11. The maximum Gasteiger partial charge on any atom is 0.138 e. The molecule has 0 radical (unpaired) electrons. The van der Waals surface area contributed by atoms with Gasteiger partial charge >= 0.3 is 0 Å². The lowest BCUT2D eigenvalue weighted by atomic mass is 9.72. The number of aromatic amines is 1. The van der Waals surface area contributed by atoms with Gasteiger partial charge in [0.05, 0.1) is 11.2 Å². The van der Waals surface area contributed by atoms with Gasteiger partial charge in [0.2, 0.25) is 0 Å². The number of aromatic nitrogens is 2. The molecule has 0 spiro atoms. The van der Waals surface area contributed by atoms with Crippen molar-refractivity contribution in [2.24, 2.45) is 0 Å². The molecule has 1 unspecified atom stereocenters. The van der Waals surface area contributed by atoms with Crippen molar-refractivity contribution in [2.75, 3.05) is 26.2 Å². The Balaban J connectivity index is 1.75. The summed E-state index contributed by atoms with van der Waals surface area (Å²) in [6.45, 7) is 10.8. The number of nitrogens with one attached hydrogen (secondary N) is 2. The van der Waals surface area contributed by atoms with E-state index in [0.717, 1.165) is 44.1 Å². The largest absolute Gasteiger partial charge is 0.342 e. The molecule has 0 amide bonds. The number of imidazole rings is 1. The van der Waals surface area contributed by atoms with Crippen molar-refractivity contribution in [3.63, 3.8) is 0 Å². The zero-order valence-electron chi connectivity index (χ0n) is 21.1. The average Bonchev–Trinajstić information content (AvgIpc) is 3.36. The monoisotopic (exact) mass is 464 g/mol. The van der Waals surface area contributed by atoms with Crippen LogP contribution < -0.4 is 5.32 Å². The molecule has 1 fully saturated rings. The van der Waals surface area contributed by atoms with Crippen LogP contribution >= 0.6 is 0 Å². The molecular weight excluding hydrogens is 428 g/mol. The Morgan fingerprint density at radius 1 is 0.857 bits per heavy atom. The molecule has 5 rings (SSSR count). The van der Waals surface area contributed by atoms with Gasteiger partial charge in [0.15, 0.2) is 0 Å². The minimum Gasteiger partial charge on any atom is -0.342 e. The summed E-state index contributed by atoms with van der Waals surface area (Å²) in [6, 6.07) is 30.5. The summed E-state index contributed by atoms with van der Waals surface area (Å²) in [4.78, 5) is 11.8. The molecular formula is C31H36N4. The van der Waals surface area contributed by atoms with Gasteiger partial charge < -0.3 is 10.3 Å². The van der Waals surface area contributed by atoms with Gasteiger partial charge in [-0.05, 0) is 37.0 Å². The van der Waals surface area contributed by atoms with Crippen LogP contribution in [0.2, 0.25) is 0 Å². The average molecular weight is 465 g/mol. The Hall–Kier alpha value is -3.21. The third kappa shape index (κ3) is 4.44. The van der Waals surface area contributed by atoms with Gasteiger partial charge in [-0.25, -0.2) is 4.98 Å². The van der Waals surface area contributed by atoms with Crippen LogP contribution in [0.4, 0.5) is 0 Å². The Labute approximate surface area is 209 Å². The zero-order valence-corrected chi connectivity index (χ0v) is 21.1. The summed E-state index contributed by atoms with van der Waals surface area (Å²) in [5.41, 5.74) is 7.12. The predicted molar refractivity (Wildman–Crippen MR) is 145 cm³/mol. The summed E-state index contributed by atoms with van der Waals surface area (Å²) in [6.07, 6.45) is 0.909. The van der Waals surface area contributed by atoms with Gasteiger partial charge in [0.1, 0.15) is 5.82 Å². The Bertz CT molecular complexity index is 1200. The highest BCUT2D eigenvalue weighted by Gasteiger charge is 2.46. The van der Waals surface area contributed by atoms with Crippen LogP contribution in [-0.2, 0) is 12.0 Å². The quantitative estimate of drug-likeness (QED) is 0.358. The first-order chi connectivity index (χ1) is 17.1. The van der Waals surface area contributed by atoms with E-state index >= 15 is 0 Å². The molecule has 3 aromatic carbocycles. The Morgan fingerprint density at radius 2 is 1.43 bits per heavy atom. The van der Waals surface area contributed by atoms with Crippen molar-refractivity contribution >= 4 is 0 Å². The van der Waals surface area contributed by atoms with Gasteiger partial charge in [-0.1, -0.05) is 91.9 Å². The van der Waals surface area contributed by atoms with E-state index in [2.05, 4.69) is 121 Å². The molecule has 2 N–H and O–H groups in total. The minimum atomic E-state index is -0.326. The van der Waals surface area contributed by atoms with E-state index in [1.807, 2.05) is 0 Å². The van der Waals surface area contributed by atoms with Gasteiger partial charge in [0, 0.05) is 43.4 Å². The van der Waals surface area contributed by atoms with Crippen molar-refractivity contribution in [1.82, 2.24) is 20.2 Å². The lowest BCUT2D eigenvalue weighted by Gasteiger charge is -2.48. The summed E-state index contributed by atoms with van der Waals surface area (Å²) < 4.78 is 0. The first kappa shape index (κ1) is 23.5. The van der Waals surface area contributed by atoms with Crippen molar-refractivity contribution < 1.29 is 0 Å². The molecule has 1 aliphatic rings. The summed E-state index contributed by atoms with van der Waals surface area (Å²) in [7, 11) is 0. The third-order valence-electron chi connectivity index (χ3n) is 7.61. The minimum absolute atomic E-state index is 0.140. The molecule has 4 heteroatoms. The number of aryl methyl sites for hydroxylation is 2. The molecule has 0 aliphatic carbocycles. The Morgan fingerprint density at radius 3 is 2.00 bits per heavy atom. The van der Waals surface area contributed by atoms with Crippen LogP contribution in [0.3, 0.4) is 0 Å². The number of nitrogens with zero attached hydrogens (tertiary/aromatic N) is 2. The first-order valence-corrected chi connectivity index (χ1v) is 12.8. The van der Waals surface area contributed by atoms with E-state index in [-0.39, 0.29) is 11.5 Å². The van der Waals surface area contributed by atoms with E-state index in [1.54, 1.807) is 0 Å². The highest BCUT2D eigenvalue weighted by atomic mass is 15.3. The molecule has 0 bridgehead atoms. The number of hydrogen-bond acceptors (Lipinski definition) is 3. The van der Waals surface area contributed by atoms with E-state index in [0.29, 0.717) is 0 Å². The first-order valence-electron chi connectivity index (χ1n) is 12.8. The SMILES string of the molecule is CCc1[nH]c(-c2ccccc2C)nc1C(C)(C(c1ccccc1)c1ccccc1)N1CCNCC1. The number of hydrogen-bond donors (Lipinski definition) is 2. The lowest BCUT2D eigenvalue weighted by molar-refractivity contribution is 0.0671. The third-order valence-corrected chi connectivity index (χ3v) is 7.61. The molecule has 2 heterocycles. The Kier molecular flexibility index (Phi) is 6.85. The number of H-pyrrole nitrogens is 1. The predicted octanol–water partition coefficient (Wildman–Crippen LogP) is 5.90. The molecule has 35 heavy (non-hydrogen) atoms. The van der Waals surface area contributed by atoms with Crippen LogP contribution in [-0.4, -0.2) is 41.0 Å². The van der Waals surface area contributed by atoms with Crippen LogP contribution in [0.5, 0.6) is 0 Å². The van der Waals surface area contributed by atoms with Gasteiger partial charge in [0.25, 0.3) is 0 Å². The fraction of sp³-hybridized carbons (Fsp3) is 0.323. The van der Waals surface area contributed by atoms with Gasteiger partial charge in [-0.2, -0.15) is 0 Å². The molecule has 1 aromatic heterocycles. The summed E-state index contributed by atoms with van der Waals surface area (Å²) >= 11 is 0. The van der Waals surface area contributed by atoms with E-state index in [1.165, 1.54) is 27.9 Å². The molecule has 1 atom stereocenters. The van der Waals surface area contributed by atoms with E-state index < -0.39 is 0 Å². The van der Waals surface area contributed by atoms with Crippen molar-refractivity contribution in [3.8, 4) is 11.4 Å². The van der Waals surface area contributed by atoms with Crippen LogP contribution in [0, 0.1) is 6.92 Å². The highest BCUT2D eigenvalue weighted by Crippen LogP contribution is 2.47.